The molecule has 0 saturated heterocycles. The van der Waals surface area contributed by atoms with Gasteiger partial charge in [-0.15, -0.1) is 0 Å². The van der Waals surface area contributed by atoms with Crippen LogP contribution in [-0.2, 0) is 9.59 Å². The number of halogens is 1. The lowest BCUT2D eigenvalue weighted by Crippen LogP contribution is -2.20. The van der Waals surface area contributed by atoms with E-state index < -0.39 is 0 Å². The van der Waals surface area contributed by atoms with Crippen molar-refractivity contribution < 1.29 is 14.0 Å². The number of nitrogens with zero attached hydrogens (tertiary/aromatic N) is 1. The first kappa shape index (κ1) is 17.3. The molecule has 0 heterocycles. The second kappa shape index (κ2) is 8.57. The Bertz CT molecular complexity index is 725. The molecule has 0 aliphatic rings. The Morgan fingerprint density at radius 2 is 1.62 bits per heavy atom. The fraction of sp³-hybridized carbons (Fsp3) is 0.167. The normalized spacial score (nSPS) is 10.6. The van der Waals surface area contributed by atoms with Crippen LogP contribution in [-0.4, -0.2) is 18.0 Å². The number of hydrogen-bond donors (Lipinski definition) is 2. The average molecular weight is 327 g/mol. The minimum absolute atomic E-state index is 0.0122. The molecule has 124 valence electrons. The first-order chi connectivity index (χ1) is 11.5. The zero-order chi connectivity index (χ0) is 17.4. The third-order valence-electron chi connectivity index (χ3n) is 3.19. The maximum absolute atomic E-state index is 12.8. The minimum atomic E-state index is -0.376. The number of benzene rings is 2. The van der Waals surface area contributed by atoms with Crippen LogP contribution in [0.5, 0.6) is 0 Å². The van der Waals surface area contributed by atoms with Gasteiger partial charge in [0.25, 0.3) is 0 Å². The highest BCUT2D eigenvalue weighted by Crippen LogP contribution is 2.08. The van der Waals surface area contributed by atoms with Gasteiger partial charge in [-0.05, 0) is 36.8 Å². The Morgan fingerprint density at radius 1 is 1.00 bits per heavy atom. The first-order valence-corrected chi connectivity index (χ1v) is 7.47. The van der Waals surface area contributed by atoms with E-state index >= 15 is 0 Å². The van der Waals surface area contributed by atoms with E-state index in [1.165, 1.54) is 30.5 Å². The SMILES string of the molecule is Cc1ccc(/C=N/NC(=O)CCC(=O)Nc2ccc(F)cc2)cc1. The minimum Gasteiger partial charge on any atom is -0.326 e. The van der Waals surface area contributed by atoms with Crippen LogP contribution in [0.25, 0.3) is 0 Å². The fourth-order valence-corrected chi connectivity index (χ4v) is 1.87. The molecule has 2 N–H and O–H groups in total. The average Bonchev–Trinajstić information content (AvgIpc) is 2.57. The largest absolute Gasteiger partial charge is 0.326 e. The molecule has 0 aliphatic carbocycles. The van der Waals surface area contributed by atoms with Crippen molar-refractivity contribution in [2.75, 3.05) is 5.32 Å². The number of carbonyl (C=O) groups is 2. The van der Waals surface area contributed by atoms with Gasteiger partial charge in [-0.3, -0.25) is 9.59 Å². The Labute approximate surface area is 139 Å². The molecule has 0 fully saturated rings. The van der Waals surface area contributed by atoms with E-state index in [4.69, 9.17) is 0 Å². The van der Waals surface area contributed by atoms with Crippen LogP contribution in [0, 0.1) is 12.7 Å². The van der Waals surface area contributed by atoms with E-state index in [1.54, 1.807) is 0 Å². The van der Waals surface area contributed by atoms with Crippen molar-refractivity contribution in [3.63, 3.8) is 0 Å². The van der Waals surface area contributed by atoms with E-state index in [1.807, 2.05) is 31.2 Å². The van der Waals surface area contributed by atoms with E-state index in [2.05, 4.69) is 15.8 Å². The summed E-state index contributed by atoms with van der Waals surface area (Å²) >= 11 is 0. The molecule has 0 aromatic heterocycles. The fourth-order valence-electron chi connectivity index (χ4n) is 1.87. The van der Waals surface area contributed by atoms with Gasteiger partial charge in [-0.2, -0.15) is 5.10 Å². The Balaban J connectivity index is 1.71. The molecule has 0 atom stereocenters. The number of anilines is 1. The maximum Gasteiger partial charge on any atom is 0.240 e. The van der Waals surface area contributed by atoms with Crippen molar-refractivity contribution in [1.29, 1.82) is 0 Å². The Hall–Kier alpha value is -3.02. The summed E-state index contributed by atoms with van der Waals surface area (Å²) in [6.45, 7) is 1.99. The highest BCUT2D eigenvalue weighted by Gasteiger charge is 2.06. The number of carbonyl (C=O) groups excluding carboxylic acids is 2. The topological polar surface area (TPSA) is 70.6 Å². The summed E-state index contributed by atoms with van der Waals surface area (Å²) in [6, 6.07) is 13.1. The predicted molar refractivity (Wildman–Crippen MR) is 91.2 cm³/mol. The summed E-state index contributed by atoms with van der Waals surface area (Å²) in [5.41, 5.74) is 4.87. The maximum atomic E-state index is 12.8. The number of rotatable bonds is 6. The van der Waals surface area contributed by atoms with E-state index in [-0.39, 0.29) is 30.5 Å². The van der Waals surface area contributed by atoms with Gasteiger partial charge in [0.2, 0.25) is 11.8 Å². The van der Waals surface area contributed by atoms with Crippen LogP contribution in [0.2, 0.25) is 0 Å². The predicted octanol–water partition coefficient (Wildman–Crippen LogP) is 3.00. The number of amides is 2. The molecule has 0 radical (unpaired) electrons. The third kappa shape index (κ3) is 6.00. The summed E-state index contributed by atoms with van der Waals surface area (Å²) < 4.78 is 12.8. The number of hydrogen-bond acceptors (Lipinski definition) is 3. The molecule has 6 heteroatoms. The van der Waals surface area contributed by atoms with E-state index in [0.717, 1.165) is 11.1 Å². The standard InChI is InChI=1S/C18H18FN3O2/c1-13-2-4-14(5-3-13)12-20-22-18(24)11-10-17(23)21-16-8-6-15(19)7-9-16/h2-9,12H,10-11H2,1H3,(H,21,23)(H,22,24)/b20-12+. The highest BCUT2D eigenvalue weighted by molar-refractivity contribution is 5.93. The molecule has 0 aliphatic heterocycles. The van der Waals surface area contributed by atoms with Crippen molar-refractivity contribution in [2.24, 2.45) is 5.10 Å². The first-order valence-electron chi connectivity index (χ1n) is 7.47. The molecule has 0 unspecified atom stereocenters. The van der Waals surface area contributed by atoms with Crippen LogP contribution in [0.4, 0.5) is 10.1 Å². The van der Waals surface area contributed by atoms with Crippen LogP contribution < -0.4 is 10.7 Å². The lowest BCUT2D eigenvalue weighted by molar-refractivity contribution is -0.124. The van der Waals surface area contributed by atoms with Crippen LogP contribution >= 0.6 is 0 Å². The second-order valence-corrected chi connectivity index (χ2v) is 5.26. The van der Waals surface area contributed by atoms with Crippen LogP contribution in [0.3, 0.4) is 0 Å². The molecular formula is C18H18FN3O2. The molecule has 2 rings (SSSR count). The third-order valence-corrected chi connectivity index (χ3v) is 3.19. The van der Waals surface area contributed by atoms with Gasteiger partial charge < -0.3 is 5.32 Å². The monoisotopic (exact) mass is 327 g/mol. The molecule has 2 amide bonds. The zero-order valence-corrected chi connectivity index (χ0v) is 13.3. The molecule has 0 saturated carbocycles. The van der Waals surface area contributed by atoms with Gasteiger partial charge in [0.15, 0.2) is 0 Å². The molecular weight excluding hydrogens is 309 g/mol. The molecule has 2 aromatic carbocycles. The highest BCUT2D eigenvalue weighted by atomic mass is 19.1. The van der Waals surface area contributed by atoms with Crippen molar-refractivity contribution >= 4 is 23.7 Å². The summed E-state index contributed by atoms with van der Waals surface area (Å²) in [5, 5.41) is 6.43. The smallest absolute Gasteiger partial charge is 0.240 e. The second-order valence-electron chi connectivity index (χ2n) is 5.26. The van der Waals surface area contributed by atoms with Gasteiger partial charge in [0.1, 0.15) is 5.82 Å². The summed E-state index contributed by atoms with van der Waals surface area (Å²) in [4.78, 5) is 23.3. The quantitative estimate of drug-likeness (QED) is 0.632. The van der Waals surface area contributed by atoms with Crippen molar-refractivity contribution in [3.05, 3.63) is 65.5 Å². The molecule has 5 nitrogen and oxygen atoms in total. The van der Waals surface area contributed by atoms with Crippen LogP contribution in [0.1, 0.15) is 24.0 Å². The lowest BCUT2D eigenvalue weighted by Gasteiger charge is -2.04. The summed E-state index contributed by atoms with van der Waals surface area (Å²) in [7, 11) is 0. The summed E-state index contributed by atoms with van der Waals surface area (Å²) in [6.07, 6.45) is 1.57. The Morgan fingerprint density at radius 3 is 2.29 bits per heavy atom. The number of nitrogens with one attached hydrogen (secondary N) is 2. The summed E-state index contributed by atoms with van der Waals surface area (Å²) in [5.74, 6) is -1.05. The van der Waals surface area contributed by atoms with Gasteiger partial charge in [0, 0.05) is 18.5 Å². The van der Waals surface area contributed by atoms with Gasteiger partial charge in [0.05, 0.1) is 6.21 Å². The Kier molecular flexibility index (Phi) is 6.19. The van der Waals surface area contributed by atoms with Gasteiger partial charge in [-0.25, -0.2) is 9.82 Å². The lowest BCUT2D eigenvalue weighted by atomic mass is 10.2. The molecule has 0 spiro atoms. The zero-order valence-electron chi connectivity index (χ0n) is 13.3. The van der Waals surface area contributed by atoms with E-state index in [0.29, 0.717) is 5.69 Å². The van der Waals surface area contributed by atoms with Gasteiger partial charge >= 0.3 is 0 Å². The molecule has 24 heavy (non-hydrogen) atoms. The number of aryl methyl sites for hydroxylation is 1. The molecule has 0 bridgehead atoms. The van der Waals surface area contributed by atoms with Crippen molar-refractivity contribution in [1.82, 2.24) is 5.43 Å². The van der Waals surface area contributed by atoms with Gasteiger partial charge in [-0.1, -0.05) is 29.8 Å². The molecule has 2 aromatic rings. The van der Waals surface area contributed by atoms with Crippen molar-refractivity contribution in [2.45, 2.75) is 19.8 Å². The van der Waals surface area contributed by atoms with Crippen LogP contribution in [0.15, 0.2) is 53.6 Å². The number of hydrazone groups is 1. The van der Waals surface area contributed by atoms with Crippen molar-refractivity contribution in [3.8, 4) is 0 Å². The van der Waals surface area contributed by atoms with E-state index in [9.17, 15) is 14.0 Å².